The summed E-state index contributed by atoms with van der Waals surface area (Å²) < 4.78 is 3.97. The number of cyclic esters (lactones) is 2. The fourth-order valence-corrected chi connectivity index (χ4v) is 0.883. The summed E-state index contributed by atoms with van der Waals surface area (Å²) in [4.78, 5) is 29.9. The Balaban J connectivity index is 0. The molecule has 10 heteroatoms. The molecule has 1 heterocycles. The molecule has 0 radical (unpaired) electrons. The average molecular weight is 379 g/mol. The second-order valence-electron chi connectivity index (χ2n) is 6.72. The van der Waals surface area contributed by atoms with Gasteiger partial charge in [0.05, 0.1) is 12.1 Å². The molecule has 0 aromatic rings. The summed E-state index contributed by atoms with van der Waals surface area (Å²) in [6.07, 6.45) is 2.17. The van der Waals surface area contributed by atoms with E-state index in [1.165, 1.54) is 0 Å². The maximum Gasteiger partial charge on any atom is 0.338 e. The molecule has 148 valence electrons. The number of aliphatic carboxylic acids is 1. The van der Waals surface area contributed by atoms with Crippen molar-refractivity contribution in [2.45, 2.75) is 58.7 Å². The standard InChI is InChI=1S/C8H12N4.C5H11NO2.C4H2O3/c1-7(2,5-9)11-12-8(3,4)6-10;1-3(2)4(6)5(7)8;5-3-1-2-4(6)7-3/h1-4H3;3-4H,6H2,1-2H3,(H,7,8);1-2H/t;4-;/m.0./s1. The first-order valence-corrected chi connectivity index (χ1v) is 7.86. The van der Waals surface area contributed by atoms with Gasteiger partial charge in [-0.3, -0.25) is 4.79 Å². The van der Waals surface area contributed by atoms with Gasteiger partial charge in [-0.1, -0.05) is 13.8 Å². The Morgan fingerprint density at radius 3 is 1.52 bits per heavy atom. The van der Waals surface area contributed by atoms with Crippen molar-refractivity contribution in [3.05, 3.63) is 12.2 Å². The van der Waals surface area contributed by atoms with E-state index in [0.29, 0.717) is 0 Å². The van der Waals surface area contributed by atoms with Gasteiger partial charge in [0.15, 0.2) is 11.1 Å². The summed E-state index contributed by atoms with van der Waals surface area (Å²) in [6.45, 7) is 10.1. The minimum atomic E-state index is -0.931. The van der Waals surface area contributed by atoms with Crippen molar-refractivity contribution in [3.63, 3.8) is 0 Å². The number of carboxylic acid groups (broad SMARTS) is 1. The number of esters is 2. The summed E-state index contributed by atoms with van der Waals surface area (Å²) in [5.41, 5.74) is 3.48. The molecular weight excluding hydrogens is 354 g/mol. The Bertz CT molecular complexity index is 637. The monoisotopic (exact) mass is 379 g/mol. The Hall–Kier alpha value is -3.11. The van der Waals surface area contributed by atoms with E-state index in [4.69, 9.17) is 21.4 Å². The van der Waals surface area contributed by atoms with Gasteiger partial charge < -0.3 is 15.6 Å². The summed E-state index contributed by atoms with van der Waals surface area (Å²) in [6, 6.07) is 3.22. The highest BCUT2D eigenvalue weighted by molar-refractivity contribution is 6.04. The van der Waals surface area contributed by atoms with E-state index < -0.39 is 35.0 Å². The topological polar surface area (TPSA) is 179 Å². The second-order valence-corrected chi connectivity index (χ2v) is 6.72. The highest BCUT2D eigenvalue weighted by Crippen LogP contribution is 2.13. The van der Waals surface area contributed by atoms with Crippen molar-refractivity contribution in [1.29, 1.82) is 10.5 Å². The van der Waals surface area contributed by atoms with E-state index in [0.717, 1.165) is 12.2 Å². The molecule has 0 saturated carbocycles. The highest BCUT2D eigenvalue weighted by atomic mass is 16.6. The number of nitrogens with two attached hydrogens (primary N) is 1. The van der Waals surface area contributed by atoms with Crippen molar-refractivity contribution < 1.29 is 24.2 Å². The number of carboxylic acids is 1. The third kappa shape index (κ3) is 13.8. The van der Waals surface area contributed by atoms with Crippen LogP contribution in [0.1, 0.15) is 41.5 Å². The lowest BCUT2D eigenvalue weighted by Crippen LogP contribution is -2.34. The number of rotatable bonds is 4. The Kier molecular flexibility index (Phi) is 11.1. The molecule has 0 amide bonds. The van der Waals surface area contributed by atoms with Crippen molar-refractivity contribution >= 4 is 17.9 Å². The molecule has 0 spiro atoms. The first-order valence-electron chi connectivity index (χ1n) is 7.86. The first-order chi connectivity index (χ1) is 12.2. The molecule has 1 atom stereocenters. The number of carbonyl (C=O) groups excluding carboxylic acids is 2. The quantitative estimate of drug-likeness (QED) is 0.421. The number of nitrogens with zero attached hydrogens (tertiary/aromatic N) is 4. The smallest absolute Gasteiger partial charge is 0.338 e. The van der Waals surface area contributed by atoms with E-state index in [9.17, 15) is 14.4 Å². The molecule has 0 fully saturated rings. The molecule has 0 saturated heterocycles. The largest absolute Gasteiger partial charge is 0.480 e. The van der Waals surface area contributed by atoms with Crippen LogP contribution in [0.25, 0.3) is 0 Å². The third-order valence-corrected chi connectivity index (χ3v) is 2.66. The first kappa shape index (κ1) is 26.1. The van der Waals surface area contributed by atoms with Gasteiger partial charge in [-0.25, -0.2) is 9.59 Å². The van der Waals surface area contributed by atoms with Gasteiger partial charge in [0.1, 0.15) is 6.04 Å². The Labute approximate surface area is 158 Å². The van der Waals surface area contributed by atoms with Crippen LogP contribution in [0.15, 0.2) is 22.4 Å². The molecule has 1 rings (SSSR count). The van der Waals surface area contributed by atoms with E-state index in [2.05, 4.69) is 15.0 Å². The fraction of sp³-hybridized carbons (Fsp3) is 0.588. The zero-order valence-corrected chi connectivity index (χ0v) is 16.3. The molecule has 0 unspecified atom stereocenters. The highest BCUT2D eigenvalue weighted by Gasteiger charge is 2.19. The van der Waals surface area contributed by atoms with Gasteiger partial charge in [-0.2, -0.15) is 20.8 Å². The SMILES string of the molecule is CC(C)(C#N)N=NC(C)(C)C#N.CC(C)[C@H](N)C(=O)O.O=C1C=CC(=O)O1. The van der Waals surface area contributed by atoms with E-state index in [1.54, 1.807) is 41.5 Å². The maximum absolute atomic E-state index is 10.0. The van der Waals surface area contributed by atoms with Crippen LogP contribution in [0.2, 0.25) is 0 Å². The summed E-state index contributed by atoms with van der Waals surface area (Å²) in [7, 11) is 0. The number of hydrogen-bond acceptors (Lipinski definition) is 9. The lowest BCUT2D eigenvalue weighted by molar-refractivity contribution is -0.150. The number of ether oxygens (including phenoxy) is 1. The van der Waals surface area contributed by atoms with Crippen LogP contribution in [0, 0.1) is 28.6 Å². The normalized spacial score (nSPS) is 14.3. The van der Waals surface area contributed by atoms with Gasteiger partial charge >= 0.3 is 17.9 Å². The minimum Gasteiger partial charge on any atom is -0.480 e. The van der Waals surface area contributed by atoms with Crippen LogP contribution in [-0.4, -0.2) is 40.1 Å². The predicted octanol–water partition coefficient (Wildman–Crippen LogP) is 1.72. The summed E-state index contributed by atoms with van der Waals surface area (Å²) in [5.74, 6) is -2.07. The molecule has 0 aromatic carbocycles. The molecule has 3 N–H and O–H groups in total. The lowest BCUT2D eigenvalue weighted by atomic mass is 10.1. The maximum atomic E-state index is 10.0. The van der Waals surface area contributed by atoms with Crippen LogP contribution < -0.4 is 5.73 Å². The van der Waals surface area contributed by atoms with Crippen molar-refractivity contribution in [2.24, 2.45) is 21.9 Å². The van der Waals surface area contributed by atoms with Gasteiger partial charge in [-0.05, 0) is 33.6 Å². The van der Waals surface area contributed by atoms with E-state index in [-0.39, 0.29) is 5.92 Å². The van der Waals surface area contributed by atoms with Gasteiger partial charge in [-0.15, -0.1) is 0 Å². The number of hydrogen-bond donors (Lipinski definition) is 2. The van der Waals surface area contributed by atoms with Crippen molar-refractivity contribution in [1.82, 2.24) is 0 Å². The van der Waals surface area contributed by atoms with Gasteiger partial charge in [0.25, 0.3) is 0 Å². The number of nitriles is 2. The molecule has 1 aliphatic heterocycles. The molecule has 27 heavy (non-hydrogen) atoms. The van der Waals surface area contributed by atoms with Crippen molar-refractivity contribution in [3.8, 4) is 12.1 Å². The molecule has 0 aromatic heterocycles. The molecule has 0 aliphatic carbocycles. The van der Waals surface area contributed by atoms with Crippen LogP contribution >= 0.6 is 0 Å². The lowest BCUT2D eigenvalue weighted by Gasteiger charge is -2.11. The Morgan fingerprint density at radius 2 is 1.41 bits per heavy atom. The van der Waals surface area contributed by atoms with E-state index >= 15 is 0 Å². The zero-order chi connectivity index (χ0) is 21.8. The van der Waals surface area contributed by atoms with Crippen LogP contribution in [-0.2, 0) is 19.1 Å². The predicted molar refractivity (Wildman–Crippen MR) is 94.9 cm³/mol. The number of carbonyl (C=O) groups is 3. The van der Waals surface area contributed by atoms with Crippen molar-refractivity contribution in [2.75, 3.05) is 0 Å². The molecule has 10 nitrogen and oxygen atoms in total. The summed E-state index contributed by atoms with van der Waals surface area (Å²) in [5, 5.41) is 32.9. The fourth-order valence-electron chi connectivity index (χ4n) is 0.883. The molecule has 0 bridgehead atoms. The third-order valence-electron chi connectivity index (χ3n) is 2.66. The molecular formula is C17H25N5O5. The number of azo groups is 1. The summed E-state index contributed by atoms with van der Waals surface area (Å²) >= 11 is 0. The van der Waals surface area contributed by atoms with Crippen LogP contribution in [0.5, 0.6) is 0 Å². The minimum absolute atomic E-state index is 0.0208. The second kappa shape index (κ2) is 11.5. The van der Waals surface area contributed by atoms with Crippen LogP contribution in [0.4, 0.5) is 0 Å². The van der Waals surface area contributed by atoms with Crippen LogP contribution in [0.3, 0.4) is 0 Å². The zero-order valence-electron chi connectivity index (χ0n) is 16.3. The van der Waals surface area contributed by atoms with Gasteiger partial charge in [0, 0.05) is 12.2 Å². The molecule has 1 aliphatic rings. The Morgan fingerprint density at radius 1 is 1.07 bits per heavy atom. The van der Waals surface area contributed by atoms with E-state index in [1.807, 2.05) is 12.1 Å². The van der Waals surface area contributed by atoms with Gasteiger partial charge in [0.2, 0.25) is 0 Å². The average Bonchev–Trinajstić information content (AvgIpc) is 2.96.